The van der Waals surface area contributed by atoms with E-state index in [0.29, 0.717) is 17.7 Å². The van der Waals surface area contributed by atoms with Crippen molar-refractivity contribution >= 4 is 29.2 Å². The van der Waals surface area contributed by atoms with Crippen molar-refractivity contribution in [2.75, 3.05) is 37.4 Å². The van der Waals surface area contributed by atoms with Crippen molar-refractivity contribution in [3.05, 3.63) is 29.3 Å². The Morgan fingerprint density at radius 2 is 2.12 bits per heavy atom. The van der Waals surface area contributed by atoms with Gasteiger partial charge >= 0.3 is 0 Å². The summed E-state index contributed by atoms with van der Waals surface area (Å²) in [5, 5.41) is 6.23. The van der Waals surface area contributed by atoms with Crippen LogP contribution in [0.1, 0.15) is 19.8 Å². The number of ether oxygens (including phenoxy) is 1. The topological polar surface area (TPSA) is 75.2 Å². The summed E-state index contributed by atoms with van der Waals surface area (Å²) in [5.41, 5.74) is 0.490. The molecule has 1 aromatic carbocycles. The van der Waals surface area contributed by atoms with E-state index < -0.39 is 5.82 Å². The molecule has 9 heteroatoms. The number of benzene rings is 1. The lowest BCUT2D eigenvalue weighted by atomic mass is 10.2. The number of rotatable bonds is 7. The molecule has 1 atom stereocenters. The number of hydrogen-bond donors (Lipinski definition) is 2. The van der Waals surface area contributed by atoms with Crippen LogP contribution in [-0.2, 0) is 0 Å². The highest BCUT2D eigenvalue weighted by atomic mass is 35.5. The van der Waals surface area contributed by atoms with Crippen molar-refractivity contribution in [1.29, 1.82) is 0 Å². The molecule has 1 aliphatic rings. The van der Waals surface area contributed by atoms with E-state index in [2.05, 4.69) is 37.4 Å². The Kier molecular flexibility index (Phi) is 6.05. The van der Waals surface area contributed by atoms with Crippen LogP contribution in [0.15, 0.2) is 18.2 Å². The fourth-order valence-electron chi connectivity index (χ4n) is 3.11. The Hall–Kier alpha value is -2.19. The van der Waals surface area contributed by atoms with Crippen LogP contribution in [0.2, 0.25) is 5.28 Å². The highest BCUT2D eigenvalue weighted by Gasteiger charge is 2.22. The van der Waals surface area contributed by atoms with Crippen LogP contribution in [0.3, 0.4) is 0 Å². The van der Waals surface area contributed by atoms with Gasteiger partial charge in [-0.05, 0) is 49.7 Å². The van der Waals surface area contributed by atoms with Gasteiger partial charge in [0.1, 0.15) is 0 Å². The molecule has 2 N–H and O–H groups in total. The van der Waals surface area contributed by atoms with Crippen LogP contribution < -0.4 is 15.4 Å². The number of anilines is 3. The summed E-state index contributed by atoms with van der Waals surface area (Å²) in [4.78, 5) is 14.9. The van der Waals surface area contributed by atoms with E-state index in [1.165, 1.54) is 25.7 Å². The quantitative estimate of drug-likeness (QED) is 0.763. The molecule has 7 nitrogen and oxygen atoms in total. The lowest BCUT2D eigenvalue weighted by molar-refractivity contribution is 0.277. The van der Waals surface area contributed by atoms with Crippen LogP contribution in [-0.4, -0.2) is 52.6 Å². The van der Waals surface area contributed by atoms with Gasteiger partial charge in [0.25, 0.3) is 0 Å². The number of hydrogen-bond acceptors (Lipinski definition) is 7. The normalized spacial score (nSPS) is 17.3. The molecule has 2 heterocycles. The summed E-state index contributed by atoms with van der Waals surface area (Å²) in [6, 6.07) is 4.97. The van der Waals surface area contributed by atoms with Gasteiger partial charge < -0.3 is 15.4 Å². The summed E-state index contributed by atoms with van der Waals surface area (Å²) >= 11 is 6.00. The molecule has 1 fully saturated rings. The Labute approximate surface area is 157 Å². The number of nitrogens with zero attached hydrogens (tertiary/aromatic N) is 4. The first-order valence-electron chi connectivity index (χ1n) is 8.59. The fraction of sp³-hybridized carbons (Fsp3) is 0.471. The van der Waals surface area contributed by atoms with Gasteiger partial charge in [-0.1, -0.05) is 6.92 Å². The SMILES string of the molecule is CCN1CCCC1CNc1nc(Cl)nc(Nc2ccc(OC)c(F)c2)n1. The molecule has 0 radical (unpaired) electrons. The second-order valence-electron chi connectivity index (χ2n) is 6.03. The third-order valence-electron chi connectivity index (χ3n) is 4.42. The molecule has 1 aliphatic heterocycles. The molecule has 1 unspecified atom stereocenters. The largest absolute Gasteiger partial charge is 0.494 e. The van der Waals surface area contributed by atoms with Crippen LogP contribution in [0, 0.1) is 5.82 Å². The monoisotopic (exact) mass is 380 g/mol. The second kappa shape index (κ2) is 8.46. The molecule has 0 saturated carbocycles. The molecule has 0 aliphatic carbocycles. The number of halogens is 2. The molecule has 26 heavy (non-hydrogen) atoms. The van der Waals surface area contributed by atoms with Gasteiger partial charge in [0.2, 0.25) is 17.2 Å². The molecule has 0 spiro atoms. The molecule has 0 bridgehead atoms. The van der Waals surface area contributed by atoms with E-state index in [0.717, 1.165) is 26.1 Å². The zero-order chi connectivity index (χ0) is 18.5. The summed E-state index contributed by atoms with van der Waals surface area (Å²) < 4.78 is 18.7. The zero-order valence-electron chi connectivity index (χ0n) is 14.8. The Morgan fingerprint density at radius 1 is 1.31 bits per heavy atom. The minimum atomic E-state index is -0.475. The molecular weight excluding hydrogens is 359 g/mol. The zero-order valence-corrected chi connectivity index (χ0v) is 15.6. The van der Waals surface area contributed by atoms with Gasteiger partial charge in [-0.15, -0.1) is 0 Å². The van der Waals surface area contributed by atoms with E-state index in [9.17, 15) is 4.39 Å². The standard InChI is InChI=1S/C17H22ClFN6O/c1-3-25-8-4-5-12(25)10-20-16-22-15(18)23-17(24-16)21-11-6-7-14(26-2)13(19)9-11/h6-7,9,12H,3-5,8,10H2,1-2H3,(H2,20,21,22,23,24). The van der Waals surface area contributed by atoms with Gasteiger partial charge in [0, 0.05) is 24.3 Å². The molecule has 3 rings (SSSR count). The van der Waals surface area contributed by atoms with Crippen LogP contribution in [0.25, 0.3) is 0 Å². The highest BCUT2D eigenvalue weighted by Crippen LogP contribution is 2.23. The van der Waals surface area contributed by atoms with Crippen molar-refractivity contribution in [2.24, 2.45) is 0 Å². The average molecular weight is 381 g/mol. The lowest BCUT2D eigenvalue weighted by Crippen LogP contribution is -2.35. The van der Waals surface area contributed by atoms with E-state index >= 15 is 0 Å². The third kappa shape index (κ3) is 4.50. The third-order valence-corrected chi connectivity index (χ3v) is 4.59. The molecule has 2 aromatic rings. The maximum atomic E-state index is 13.8. The van der Waals surface area contributed by atoms with Gasteiger partial charge in [0.05, 0.1) is 7.11 Å². The number of likely N-dealkylation sites (N-methyl/N-ethyl adjacent to an activating group) is 1. The first-order chi connectivity index (χ1) is 12.6. The summed E-state index contributed by atoms with van der Waals surface area (Å²) in [6.07, 6.45) is 2.35. The summed E-state index contributed by atoms with van der Waals surface area (Å²) in [6.45, 7) is 5.05. The summed E-state index contributed by atoms with van der Waals surface area (Å²) in [7, 11) is 1.42. The van der Waals surface area contributed by atoms with Gasteiger partial charge in [-0.2, -0.15) is 15.0 Å². The van der Waals surface area contributed by atoms with Gasteiger partial charge in [-0.25, -0.2) is 4.39 Å². The minimum Gasteiger partial charge on any atom is -0.494 e. The molecule has 1 aromatic heterocycles. The Morgan fingerprint density at radius 3 is 2.85 bits per heavy atom. The van der Waals surface area contributed by atoms with E-state index in [4.69, 9.17) is 16.3 Å². The van der Waals surface area contributed by atoms with E-state index in [1.54, 1.807) is 6.07 Å². The van der Waals surface area contributed by atoms with Crippen LogP contribution >= 0.6 is 11.6 Å². The van der Waals surface area contributed by atoms with E-state index in [-0.39, 0.29) is 17.0 Å². The highest BCUT2D eigenvalue weighted by molar-refractivity contribution is 6.28. The molecule has 1 saturated heterocycles. The smallest absolute Gasteiger partial charge is 0.233 e. The first kappa shape index (κ1) is 18.6. The fourth-order valence-corrected chi connectivity index (χ4v) is 3.27. The van der Waals surface area contributed by atoms with E-state index in [1.807, 2.05) is 0 Å². The van der Waals surface area contributed by atoms with Crippen molar-refractivity contribution < 1.29 is 9.13 Å². The number of aromatic nitrogens is 3. The van der Waals surface area contributed by atoms with Crippen LogP contribution in [0.4, 0.5) is 22.0 Å². The van der Waals surface area contributed by atoms with Crippen molar-refractivity contribution in [2.45, 2.75) is 25.8 Å². The van der Waals surface area contributed by atoms with Crippen molar-refractivity contribution in [3.8, 4) is 5.75 Å². The Balaban J connectivity index is 1.68. The predicted octanol–water partition coefficient (Wildman–Crippen LogP) is 3.31. The van der Waals surface area contributed by atoms with Gasteiger partial charge in [-0.3, -0.25) is 4.90 Å². The van der Waals surface area contributed by atoms with Crippen molar-refractivity contribution in [1.82, 2.24) is 19.9 Å². The second-order valence-corrected chi connectivity index (χ2v) is 6.37. The summed E-state index contributed by atoms with van der Waals surface area (Å²) in [5.74, 6) is 0.334. The van der Waals surface area contributed by atoms with Gasteiger partial charge in [0.15, 0.2) is 11.6 Å². The first-order valence-corrected chi connectivity index (χ1v) is 8.97. The lowest BCUT2D eigenvalue weighted by Gasteiger charge is -2.22. The number of likely N-dealkylation sites (tertiary alicyclic amines) is 1. The maximum absolute atomic E-state index is 13.8. The average Bonchev–Trinajstić information content (AvgIpc) is 3.07. The van der Waals surface area contributed by atoms with Crippen molar-refractivity contribution in [3.63, 3.8) is 0 Å². The minimum absolute atomic E-state index is 0.0674. The van der Waals surface area contributed by atoms with Crippen LogP contribution in [0.5, 0.6) is 5.75 Å². The molecule has 140 valence electrons. The number of methoxy groups -OCH3 is 1. The Bertz CT molecular complexity index is 762. The predicted molar refractivity (Wildman–Crippen MR) is 99.8 cm³/mol. The number of nitrogens with one attached hydrogen (secondary N) is 2. The maximum Gasteiger partial charge on any atom is 0.233 e. The molecular formula is C17H22ClFN6O. The molecule has 0 amide bonds.